The number of hydrogen-bond donors (Lipinski definition) is 0. The third-order valence-electron chi connectivity index (χ3n) is 3.82. The molecule has 0 bridgehead atoms. The molecule has 0 saturated carbocycles. The van der Waals surface area contributed by atoms with Gasteiger partial charge in [0.1, 0.15) is 6.33 Å². The summed E-state index contributed by atoms with van der Waals surface area (Å²) in [6, 6.07) is 9.94. The van der Waals surface area contributed by atoms with E-state index in [1.54, 1.807) is 28.8 Å². The lowest BCUT2D eigenvalue weighted by Crippen LogP contribution is -2.32. The van der Waals surface area contributed by atoms with Crippen molar-refractivity contribution >= 4 is 23.3 Å². The van der Waals surface area contributed by atoms with Crippen LogP contribution in [0.5, 0.6) is 0 Å². The van der Waals surface area contributed by atoms with Crippen molar-refractivity contribution in [3.8, 4) is 0 Å². The highest BCUT2D eigenvalue weighted by Gasteiger charge is 2.39. The monoisotopic (exact) mass is 321 g/mol. The van der Waals surface area contributed by atoms with Crippen LogP contribution in [0, 0.1) is 6.92 Å². The van der Waals surface area contributed by atoms with E-state index in [-0.39, 0.29) is 16.8 Å². The van der Waals surface area contributed by atoms with E-state index in [0.717, 1.165) is 5.56 Å². The molecule has 3 aromatic rings. The summed E-state index contributed by atoms with van der Waals surface area (Å²) >= 11 is 0. The number of fused-ring (bicyclic) bond motifs is 2. The van der Waals surface area contributed by atoms with Gasteiger partial charge < -0.3 is 9.24 Å². The Hall–Kier alpha value is -3.48. The molecule has 0 atom stereocenters. The van der Waals surface area contributed by atoms with E-state index in [4.69, 9.17) is 4.84 Å². The average molecular weight is 321 g/mol. The topological polar surface area (TPSA) is 81.0 Å². The third kappa shape index (κ3) is 1.98. The van der Waals surface area contributed by atoms with Crippen molar-refractivity contribution < 1.29 is 19.2 Å². The number of aromatic nitrogens is 2. The predicted octanol–water partition coefficient (Wildman–Crippen LogP) is 2.01. The molecule has 3 heterocycles. The Balaban J connectivity index is 1.66. The van der Waals surface area contributed by atoms with Crippen molar-refractivity contribution in [1.82, 2.24) is 14.4 Å². The molecule has 118 valence electrons. The maximum atomic E-state index is 12.4. The summed E-state index contributed by atoms with van der Waals surface area (Å²) in [5, 5.41) is 0.480. The summed E-state index contributed by atoms with van der Waals surface area (Å²) in [5.41, 5.74) is 1.94. The Kier molecular flexibility index (Phi) is 2.96. The second-order valence-corrected chi connectivity index (χ2v) is 5.42. The van der Waals surface area contributed by atoms with E-state index in [9.17, 15) is 14.4 Å². The van der Waals surface area contributed by atoms with Gasteiger partial charge in [-0.15, -0.1) is 0 Å². The molecular formula is C17H11N3O4. The van der Waals surface area contributed by atoms with Crippen LogP contribution in [0.3, 0.4) is 0 Å². The Morgan fingerprint density at radius 3 is 2.42 bits per heavy atom. The number of carbonyl (C=O) groups excluding carboxylic acids is 3. The van der Waals surface area contributed by atoms with Crippen LogP contribution in [-0.4, -0.2) is 32.2 Å². The number of aryl methyl sites for hydroxylation is 1. The first kappa shape index (κ1) is 14.1. The minimum Gasteiger partial charge on any atom is -0.322 e. The van der Waals surface area contributed by atoms with Gasteiger partial charge >= 0.3 is 5.97 Å². The highest BCUT2D eigenvalue weighted by atomic mass is 16.7. The number of amides is 2. The molecule has 7 nitrogen and oxygen atoms in total. The van der Waals surface area contributed by atoms with Crippen LogP contribution >= 0.6 is 0 Å². The van der Waals surface area contributed by atoms with Gasteiger partial charge in [0.05, 0.1) is 16.6 Å². The molecule has 1 aliphatic heterocycles. The van der Waals surface area contributed by atoms with Gasteiger partial charge in [0.2, 0.25) is 0 Å². The molecule has 1 aliphatic rings. The number of imidazole rings is 1. The van der Waals surface area contributed by atoms with Crippen LogP contribution in [0.15, 0.2) is 48.9 Å². The highest BCUT2D eigenvalue weighted by molar-refractivity contribution is 6.21. The van der Waals surface area contributed by atoms with Crippen LogP contribution in [0.2, 0.25) is 0 Å². The van der Waals surface area contributed by atoms with Gasteiger partial charge in [0.25, 0.3) is 11.8 Å². The maximum Gasteiger partial charge on any atom is 0.384 e. The Bertz CT molecular complexity index is 987. The fourth-order valence-corrected chi connectivity index (χ4v) is 2.63. The van der Waals surface area contributed by atoms with Gasteiger partial charge in [-0.05, 0) is 36.8 Å². The fraction of sp³-hybridized carbons (Fsp3) is 0.0588. The van der Waals surface area contributed by atoms with Crippen molar-refractivity contribution in [1.29, 1.82) is 0 Å². The number of hydrogen-bond acceptors (Lipinski definition) is 5. The molecule has 0 saturated heterocycles. The van der Waals surface area contributed by atoms with Crippen molar-refractivity contribution in [2.75, 3.05) is 0 Å². The normalized spacial score (nSPS) is 13.5. The summed E-state index contributed by atoms with van der Waals surface area (Å²) in [7, 11) is 0. The van der Waals surface area contributed by atoms with Crippen molar-refractivity contribution in [2.45, 2.75) is 6.92 Å². The van der Waals surface area contributed by atoms with Gasteiger partial charge in [0.15, 0.2) is 5.69 Å². The van der Waals surface area contributed by atoms with Crippen molar-refractivity contribution in [3.05, 3.63) is 71.3 Å². The summed E-state index contributed by atoms with van der Waals surface area (Å²) < 4.78 is 1.66. The lowest BCUT2D eigenvalue weighted by atomic mass is 10.1. The molecule has 0 N–H and O–H groups in total. The molecule has 0 radical (unpaired) electrons. The van der Waals surface area contributed by atoms with Gasteiger partial charge in [0, 0.05) is 6.20 Å². The fourth-order valence-electron chi connectivity index (χ4n) is 2.63. The molecular weight excluding hydrogens is 310 g/mol. The number of benzene rings is 1. The Morgan fingerprint density at radius 1 is 1.08 bits per heavy atom. The molecule has 24 heavy (non-hydrogen) atoms. The maximum absolute atomic E-state index is 12.4. The molecule has 2 amide bonds. The van der Waals surface area contributed by atoms with E-state index in [1.165, 1.54) is 18.5 Å². The zero-order valence-electron chi connectivity index (χ0n) is 12.6. The summed E-state index contributed by atoms with van der Waals surface area (Å²) in [4.78, 5) is 45.9. The van der Waals surface area contributed by atoms with E-state index in [2.05, 4.69) is 4.98 Å². The number of hydroxylamine groups is 2. The molecule has 0 spiro atoms. The zero-order valence-corrected chi connectivity index (χ0v) is 12.6. The van der Waals surface area contributed by atoms with Crippen LogP contribution in [0.25, 0.3) is 5.52 Å². The Labute approximate surface area is 136 Å². The largest absolute Gasteiger partial charge is 0.384 e. The number of imide groups is 1. The van der Waals surface area contributed by atoms with E-state index in [1.807, 2.05) is 13.0 Å². The summed E-state index contributed by atoms with van der Waals surface area (Å²) in [6.45, 7) is 1.88. The SMILES string of the molecule is Cc1ccn2cnc(C(=O)ON3C(=O)c4ccccc4C3=O)c2c1. The molecule has 4 rings (SSSR count). The second kappa shape index (κ2) is 5.02. The second-order valence-electron chi connectivity index (χ2n) is 5.42. The molecule has 2 aromatic heterocycles. The molecule has 0 aliphatic carbocycles. The molecule has 7 heteroatoms. The third-order valence-corrected chi connectivity index (χ3v) is 3.82. The predicted molar refractivity (Wildman–Crippen MR) is 82.3 cm³/mol. The van der Waals surface area contributed by atoms with E-state index in [0.29, 0.717) is 10.6 Å². The van der Waals surface area contributed by atoms with Crippen LogP contribution < -0.4 is 0 Å². The van der Waals surface area contributed by atoms with Crippen molar-refractivity contribution in [3.63, 3.8) is 0 Å². The quantitative estimate of drug-likeness (QED) is 0.674. The highest BCUT2D eigenvalue weighted by Crippen LogP contribution is 2.23. The van der Waals surface area contributed by atoms with Gasteiger partial charge in [-0.25, -0.2) is 9.78 Å². The number of carbonyl (C=O) groups is 3. The zero-order chi connectivity index (χ0) is 16.8. The summed E-state index contributed by atoms with van der Waals surface area (Å²) in [5.74, 6) is -2.19. The van der Waals surface area contributed by atoms with Crippen LogP contribution in [0.4, 0.5) is 0 Å². The first-order valence-electron chi connectivity index (χ1n) is 7.19. The van der Waals surface area contributed by atoms with Gasteiger partial charge in [-0.3, -0.25) is 9.59 Å². The molecule has 0 fully saturated rings. The van der Waals surface area contributed by atoms with Gasteiger partial charge in [-0.1, -0.05) is 17.2 Å². The van der Waals surface area contributed by atoms with Crippen molar-refractivity contribution in [2.24, 2.45) is 0 Å². The first-order valence-corrected chi connectivity index (χ1v) is 7.19. The minimum atomic E-state index is -0.863. The molecule has 0 unspecified atom stereocenters. The number of rotatable bonds is 2. The summed E-state index contributed by atoms with van der Waals surface area (Å²) in [6.07, 6.45) is 3.23. The first-order chi connectivity index (χ1) is 11.6. The standard InChI is InChI=1S/C17H11N3O4/c1-10-6-7-19-9-18-14(13(19)8-10)17(23)24-20-15(21)11-4-2-3-5-12(11)16(20)22/h2-9H,1H3. The Morgan fingerprint density at radius 2 is 1.75 bits per heavy atom. The van der Waals surface area contributed by atoms with E-state index >= 15 is 0 Å². The molecule has 1 aromatic carbocycles. The van der Waals surface area contributed by atoms with Crippen LogP contribution in [-0.2, 0) is 4.84 Å². The van der Waals surface area contributed by atoms with Gasteiger partial charge in [-0.2, -0.15) is 0 Å². The smallest absolute Gasteiger partial charge is 0.322 e. The van der Waals surface area contributed by atoms with E-state index < -0.39 is 17.8 Å². The number of nitrogens with zero attached hydrogens (tertiary/aromatic N) is 3. The number of pyridine rings is 1. The average Bonchev–Trinajstić information content (AvgIpc) is 3.10. The lowest BCUT2D eigenvalue weighted by Gasteiger charge is -2.11. The lowest BCUT2D eigenvalue weighted by molar-refractivity contribution is -0.0586. The minimum absolute atomic E-state index is 0.0373. The van der Waals surface area contributed by atoms with Crippen LogP contribution in [0.1, 0.15) is 36.8 Å².